The first-order chi connectivity index (χ1) is 8.56. The monoisotopic (exact) mass is 244 g/mol. The molecule has 3 nitrogen and oxygen atoms in total. The average molecular weight is 244 g/mol. The number of aryl methyl sites for hydroxylation is 1. The Morgan fingerprint density at radius 2 is 1.83 bits per heavy atom. The van der Waals surface area contributed by atoms with Crippen molar-refractivity contribution in [3.63, 3.8) is 0 Å². The summed E-state index contributed by atoms with van der Waals surface area (Å²) in [5.41, 5.74) is 2.89. The van der Waals surface area contributed by atoms with Gasteiger partial charge in [-0.1, -0.05) is 38.1 Å². The third kappa shape index (κ3) is 2.99. The first kappa shape index (κ1) is 12.8. The molecule has 0 aliphatic heterocycles. The molecule has 0 aliphatic carbocycles. The standard InChI is InChI=1S/C15H20N2O/c1-11(2)10-12-4-6-13(7-5-12)15(18)14-8-9-17(3)16-14/h4-9,11,15,18H,10H2,1-3H3. The Balaban J connectivity index is 2.14. The zero-order valence-corrected chi connectivity index (χ0v) is 11.2. The molecule has 2 rings (SSSR count). The maximum absolute atomic E-state index is 10.2. The molecule has 3 heteroatoms. The molecule has 96 valence electrons. The highest BCUT2D eigenvalue weighted by Crippen LogP contribution is 2.21. The van der Waals surface area contributed by atoms with E-state index in [2.05, 4.69) is 31.1 Å². The summed E-state index contributed by atoms with van der Waals surface area (Å²) in [5.74, 6) is 0.650. The maximum Gasteiger partial charge on any atom is 0.123 e. The van der Waals surface area contributed by atoms with Crippen molar-refractivity contribution in [3.8, 4) is 0 Å². The number of aliphatic hydroxyl groups is 1. The number of aromatic nitrogens is 2. The zero-order chi connectivity index (χ0) is 13.1. The van der Waals surface area contributed by atoms with Crippen molar-refractivity contribution >= 4 is 0 Å². The van der Waals surface area contributed by atoms with Crippen molar-refractivity contribution in [2.45, 2.75) is 26.4 Å². The van der Waals surface area contributed by atoms with Crippen molar-refractivity contribution in [3.05, 3.63) is 53.3 Å². The SMILES string of the molecule is CC(C)Cc1ccc(C(O)c2ccn(C)n2)cc1. The molecule has 1 aromatic carbocycles. The summed E-state index contributed by atoms with van der Waals surface area (Å²) >= 11 is 0. The second kappa shape index (κ2) is 5.36. The molecule has 0 saturated heterocycles. The van der Waals surface area contributed by atoms with E-state index in [-0.39, 0.29) is 0 Å². The van der Waals surface area contributed by atoms with E-state index in [1.54, 1.807) is 4.68 Å². The molecule has 0 radical (unpaired) electrons. The molecule has 0 aliphatic rings. The first-order valence-electron chi connectivity index (χ1n) is 6.32. The maximum atomic E-state index is 10.2. The fourth-order valence-corrected chi connectivity index (χ4v) is 2.06. The average Bonchev–Trinajstić information content (AvgIpc) is 2.75. The summed E-state index contributed by atoms with van der Waals surface area (Å²) in [7, 11) is 1.85. The Labute approximate surface area is 108 Å². The van der Waals surface area contributed by atoms with Gasteiger partial charge in [0.15, 0.2) is 0 Å². The minimum Gasteiger partial charge on any atom is -0.382 e. The predicted molar refractivity (Wildman–Crippen MR) is 72.3 cm³/mol. The molecule has 1 unspecified atom stereocenters. The highest BCUT2D eigenvalue weighted by Gasteiger charge is 2.12. The van der Waals surface area contributed by atoms with Crippen LogP contribution in [0.2, 0.25) is 0 Å². The van der Waals surface area contributed by atoms with Crippen LogP contribution >= 0.6 is 0 Å². The molecule has 0 amide bonds. The van der Waals surface area contributed by atoms with Crippen molar-refractivity contribution in [2.24, 2.45) is 13.0 Å². The van der Waals surface area contributed by atoms with Crippen molar-refractivity contribution in [1.82, 2.24) is 9.78 Å². The molecule has 1 atom stereocenters. The summed E-state index contributed by atoms with van der Waals surface area (Å²) in [6.07, 6.45) is 2.27. The van der Waals surface area contributed by atoms with Crippen LogP contribution in [-0.4, -0.2) is 14.9 Å². The van der Waals surface area contributed by atoms with Crippen molar-refractivity contribution in [2.75, 3.05) is 0 Å². The minimum absolute atomic E-state index is 0.640. The van der Waals surface area contributed by atoms with Crippen molar-refractivity contribution < 1.29 is 5.11 Å². The lowest BCUT2D eigenvalue weighted by Crippen LogP contribution is -2.02. The highest BCUT2D eigenvalue weighted by atomic mass is 16.3. The first-order valence-corrected chi connectivity index (χ1v) is 6.32. The van der Waals surface area contributed by atoms with Gasteiger partial charge in [0, 0.05) is 13.2 Å². The van der Waals surface area contributed by atoms with Gasteiger partial charge in [0.2, 0.25) is 0 Å². The number of benzene rings is 1. The Hall–Kier alpha value is -1.61. The van der Waals surface area contributed by atoms with Gasteiger partial charge in [-0.25, -0.2) is 0 Å². The van der Waals surface area contributed by atoms with E-state index in [4.69, 9.17) is 0 Å². The van der Waals surface area contributed by atoms with Gasteiger partial charge >= 0.3 is 0 Å². The van der Waals surface area contributed by atoms with Gasteiger partial charge in [0.1, 0.15) is 6.10 Å². The van der Waals surface area contributed by atoms with E-state index in [0.29, 0.717) is 11.6 Å². The fourth-order valence-electron chi connectivity index (χ4n) is 2.06. The molecule has 1 aromatic heterocycles. The topological polar surface area (TPSA) is 38.0 Å². The Bertz CT molecular complexity index is 499. The van der Waals surface area contributed by atoms with Crippen LogP contribution in [0.4, 0.5) is 0 Å². The smallest absolute Gasteiger partial charge is 0.123 e. The minimum atomic E-state index is -0.640. The number of hydrogen-bond acceptors (Lipinski definition) is 2. The quantitative estimate of drug-likeness (QED) is 0.898. The molecule has 0 saturated carbocycles. The summed E-state index contributed by atoms with van der Waals surface area (Å²) in [4.78, 5) is 0. The molecule has 0 spiro atoms. The molecular weight excluding hydrogens is 224 g/mol. The van der Waals surface area contributed by atoms with Crippen molar-refractivity contribution in [1.29, 1.82) is 0 Å². The lowest BCUT2D eigenvalue weighted by Gasteiger charge is -2.10. The molecular formula is C15H20N2O. The summed E-state index contributed by atoms with van der Waals surface area (Å²) in [6.45, 7) is 4.41. The lowest BCUT2D eigenvalue weighted by atomic mass is 9.99. The van der Waals surface area contributed by atoms with E-state index in [0.717, 1.165) is 12.0 Å². The van der Waals surface area contributed by atoms with Crippen LogP contribution in [0.15, 0.2) is 36.5 Å². The van der Waals surface area contributed by atoms with Gasteiger partial charge in [-0.15, -0.1) is 0 Å². The fraction of sp³-hybridized carbons (Fsp3) is 0.400. The van der Waals surface area contributed by atoms with Crippen LogP contribution in [0, 0.1) is 5.92 Å². The molecule has 2 aromatic rings. The van der Waals surface area contributed by atoms with Gasteiger partial charge in [-0.3, -0.25) is 4.68 Å². The van der Waals surface area contributed by atoms with Crippen LogP contribution < -0.4 is 0 Å². The Kier molecular flexibility index (Phi) is 3.82. The van der Waals surface area contributed by atoms with Gasteiger partial charge < -0.3 is 5.11 Å². The van der Waals surface area contributed by atoms with E-state index in [9.17, 15) is 5.11 Å². The van der Waals surface area contributed by atoms with Crippen LogP contribution in [0.5, 0.6) is 0 Å². The highest BCUT2D eigenvalue weighted by molar-refractivity contribution is 5.28. The van der Waals surface area contributed by atoms with Crippen LogP contribution in [0.25, 0.3) is 0 Å². The third-order valence-corrected chi connectivity index (χ3v) is 2.95. The number of hydrogen-bond donors (Lipinski definition) is 1. The molecule has 1 heterocycles. The normalized spacial score (nSPS) is 12.9. The summed E-state index contributed by atoms with van der Waals surface area (Å²) in [5, 5.41) is 14.4. The molecule has 0 fully saturated rings. The molecule has 18 heavy (non-hydrogen) atoms. The van der Waals surface area contributed by atoms with Crippen LogP contribution in [-0.2, 0) is 13.5 Å². The summed E-state index contributed by atoms with van der Waals surface area (Å²) in [6, 6.07) is 9.98. The Morgan fingerprint density at radius 3 is 2.33 bits per heavy atom. The Morgan fingerprint density at radius 1 is 1.17 bits per heavy atom. The van der Waals surface area contributed by atoms with Crippen LogP contribution in [0.1, 0.15) is 36.8 Å². The van der Waals surface area contributed by atoms with Gasteiger partial charge in [0.05, 0.1) is 5.69 Å². The number of rotatable bonds is 4. The second-order valence-electron chi connectivity index (χ2n) is 5.16. The number of aliphatic hydroxyl groups excluding tert-OH is 1. The molecule has 1 N–H and O–H groups in total. The molecule has 0 bridgehead atoms. The van der Waals surface area contributed by atoms with E-state index < -0.39 is 6.10 Å². The lowest BCUT2D eigenvalue weighted by molar-refractivity contribution is 0.214. The van der Waals surface area contributed by atoms with Crippen LogP contribution in [0.3, 0.4) is 0 Å². The third-order valence-electron chi connectivity index (χ3n) is 2.95. The predicted octanol–water partition coefficient (Wildman–Crippen LogP) is 2.70. The van der Waals surface area contributed by atoms with Gasteiger partial charge in [0.25, 0.3) is 0 Å². The largest absolute Gasteiger partial charge is 0.382 e. The van der Waals surface area contributed by atoms with E-state index >= 15 is 0 Å². The van der Waals surface area contributed by atoms with E-state index in [1.807, 2.05) is 31.4 Å². The number of nitrogens with zero attached hydrogens (tertiary/aromatic N) is 2. The summed E-state index contributed by atoms with van der Waals surface area (Å²) < 4.78 is 1.70. The van der Waals surface area contributed by atoms with Gasteiger partial charge in [-0.05, 0) is 29.5 Å². The van der Waals surface area contributed by atoms with Gasteiger partial charge in [-0.2, -0.15) is 5.10 Å². The zero-order valence-electron chi connectivity index (χ0n) is 11.2. The second-order valence-corrected chi connectivity index (χ2v) is 5.16. The van der Waals surface area contributed by atoms with E-state index in [1.165, 1.54) is 5.56 Å².